The lowest BCUT2D eigenvalue weighted by atomic mass is 10.0. The van der Waals surface area contributed by atoms with E-state index < -0.39 is 175 Å². The quantitative estimate of drug-likeness (QED) is 0.0218. The van der Waals surface area contributed by atoms with Crippen molar-refractivity contribution in [3.8, 4) is 5.75 Å². The third-order valence-electron chi connectivity index (χ3n) is 16.6. The number of carboxylic acids is 6. The average Bonchev–Trinajstić information content (AvgIpc) is 1.62. The van der Waals surface area contributed by atoms with E-state index in [1.54, 1.807) is 80.4 Å². The highest BCUT2D eigenvalue weighted by Crippen LogP contribution is 2.25. The van der Waals surface area contributed by atoms with Crippen LogP contribution >= 0.6 is 21.6 Å². The van der Waals surface area contributed by atoms with Gasteiger partial charge < -0.3 is 99.2 Å². The first-order valence-corrected chi connectivity index (χ1v) is 36.9. The Bertz CT molecular complexity index is 3620. The number of aromatic hydroxyl groups is 1. The van der Waals surface area contributed by atoms with Gasteiger partial charge in [0.1, 0.15) is 48.0 Å². The highest BCUT2D eigenvalue weighted by atomic mass is 33.1. The summed E-state index contributed by atoms with van der Waals surface area (Å²) in [5, 5.41) is 107. The number of H-pyrrole nitrogens is 1. The number of hydrogen-bond donors (Lipinski definition) is 19. The van der Waals surface area contributed by atoms with E-state index in [1.807, 2.05) is 0 Å². The van der Waals surface area contributed by atoms with E-state index in [9.17, 15) is 78.9 Å². The van der Waals surface area contributed by atoms with Gasteiger partial charge in [-0.15, -0.1) is 0 Å². The van der Waals surface area contributed by atoms with Crippen molar-refractivity contribution in [3.63, 3.8) is 0 Å². The number of carbonyl (C=O) groups is 14. The number of amides is 8. The number of nitrogens with one attached hydrogen (secondary N) is 9. The summed E-state index contributed by atoms with van der Waals surface area (Å²) in [5.41, 5.74) is 7.96. The maximum atomic E-state index is 15.3. The SMILES string of the molecule is CC(=O)O.CC(=O)O.C[C@@H](O)[C@H](NC(=O)[C@@H]1CSSC[C@H](NC(=O)[C@@H](Cc2ccccc2)NC(=O)CN2CCN(CC(=O)O)CCN(CC(=O)O)CCN(CC(=O)O)CC2)C(=O)N[C@@H](Cc2ccc(O)cc2)C(=O)N[C@H](Cc2c[nH]c3ccccc23)C(=O)N[C@@H](CCCCN)C(=O)N[C@@H]([C@@H](C)O)C(=O)N1)C(=O)O. The molecule has 1 aromatic heterocycles. The summed E-state index contributed by atoms with van der Waals surface area (Å²) in [5.74, 6) is -15.7. The van der Waals surface area contributed by atoms with Crippen LogP contribution in [0, 0.1) is 0 Å². The van der Waals surface area contributed by atoms with Gasteiger partial charge in [0.05, 0.1) is 38.4 Å². The van der Waals surface area contributed by atoms with Crippen molar-refractivity contribution in [2.75, 3.05) is 96.6 Å². The summed E-state index contributed by atoms with van der Waals surface area (Å²) in [6.45, 7) is 3.55. The predicted octanol–water partition coefficient (Wildman–Crippen LogP) is -3.19. The van der Waals surface area contributed by atoms with Gasteiger partial charge in [-0.05, 0) is 74.5 Å². The van der Waals surface area contributed by atoms with E-state index >= 15 is 14.4 Å². The molecule has 0 bridgehead atoms. The molecule has 0 aliphatic carbocycles. The van der Waals surface area contributed by atoms with Gasteiger partial charge in [0.25, 0.3) is 11.9 Å². The van der Waals surface area contributed by atoms with E-state index in [0.29, 0.717) is 34.0 Å². The molecule has 4 aromatic rings. The Labute approximate surface area is 629 Å². The molecule has 3 heterocycles. The lowest BCUT2D eigenvalue weighted by molar-refractivity contribution is -0.145. The number of aliphatic carboxylic acids is 6. The minimum absolute atomic E-state index is 0.0426. The molecule has 0 radical (unpaired) electrons. The molecule has 2 fully saturated rings. The molecule has 2 saturated heterocycles. The van der Waals surface area contributed by atoms with Crippen LogP contribution in [-0.2, 0) is 86.4 Å². The zero-order valence-electron chi connectivity index (χ0n) is 60.1. The number of para-hydroxylation sites is 1. The van der Waals surface area contributed by atoms with E-state index in [-0.39, 0.29) is 103 Å². The number of rotatable bonds is 26. The molecule has 0 spiro atoms. The van der Waals surface area contributed by atoms with Crippen molar-refractivity contribution in [1.82, 2.24) is 67.1 Å². The van der Waals surface area contributed by atoms with Crippen molar-refractivity contribution in [3.05, 3.63) is 102 Å². The number of phenolic OH excluding ortho intramolecular Hbond substituents is 1. The zero-order valence-corrected chi connectivity index (χ0v) is 61.8. The van der Waals surface area contributed by atoms with Gasteiger partial charge in [0.2, 0.25) is 47.3 Å². The second-order valence-corrected chi connectivity index (χ2v) is 28.1. The normalized spacial score (nSPS) is 20.7. The molecular formula is C69H98N14O23S2. The second-order valence-electron chi connectivity index (χ2n) is 25.5. The Hall–Kier alpha value is -10.00. The Balaban J connectivity index is 0.00000293. The number of nitrogens with two attached hydrogens (primary N) is 1. The fraction of sp³-hybridized carbons (Fsp3) is 0.507. The monoisotopic (exact) mass is 1550 g/mol. The minimum atomic E-state index is -1.91. The van der Waals surface area contributed by atoms with Gasteiger partial charge in [-0.1, -0.05) is 82.3 Å². The molecule has 594 valence electrons. The minimum Gasteiger partial charge on any atom is -0.508 e. The first kappa shape index (κ1) is 90.4. The van der Waals surface area contributed by atoms with E-state index in [2.05, 4.69) is 47.5 Å². The number of aromatic amines is 1. The van der Waals surface area contributed by atoms with Gasteiger partial charge in [0.15, 0.2) is 6.04 Å². The molecule has 3 aromatic carbocycles. The van der Waals surface area contributed by atoms with Gasteiger partial charge in [-0.25, -0.2) is 4.79 Å². The largest absolute Gasteiger partial charge is 0.508 e. The summed E-state index contributed by atoms with van der Waals surface area (Å²) in [4.78, 5) is 194. The van der Waals surface area contributed by atoms with Crippen LogP contribution in [0.25, 0.3) is 10.9 Å². The molecule has 0 unspecified atom stereocenters. The van der Waals surface area contributed by atoms with Crippen LogP contribution in [0.3, 0.4) is 0 Å². The van der Waals surface area contributed by atoms with Crippen LogP contribution < -0.4 is 48.3 Å². The fourth-order valence-corrected chi connectivity index (χ4v) is 13.4. The standard InChI is InChI=1S/C65H90N14O19S2.2C2H4O2/c1-38(80)56-64(96)73-51(63(95)75-57(39(2)81)65(97)98)37-100-99-36-50(72-59(91)47(28-40-10-4-3-5-11-40)68-52(83)32-76-20-22-77(33-53(84)85)24-26-79(35-55(88)89)27-25-78(23-21-76)34-54(86)87)62(94)70-48(29-41-15-17-43(82)18-16-41)60(92)71-49(30-42-31-67-45-13-7-6-12-44(42)45)61(93)69-46(58(90)74-56)14-8-9-19-66;2*1-2(3)4/h3-7,10-13,15-18,31,38-39,46-51,56-57,67,80-82H,8-9,14,19-30,32-37,66H2,1-2H3,(H,68,83)(H,69,93)(H,70,94)(H,71,92)(H,72,91)(H,73,96)(H,74,90)(H,75,95)(H,84,85)(H,86,87)(H,88,89)(H,97,98);2*1H3,(H,3,4)/t38-,39-,46+,47-,48+,49-,50+,51+,56+,57+;;/m1../s1. The first-order chi connectivity index (χ1) is 51.1. The number of hydrogen-bond acceptors (Lipinski definition) is 24. The zero-order chi connectivity index (χ0) is 80.2. The number of benzene rings is 3. The van der Waals surface area contributed by atoms with Crippen molar-refractivity contribution in [1.29, 1.82) is 0 Å². The first-order valence-electron chi connectivity index (χ1n) is 34.4. The smallest absolute Gasteiger partial charge is 0.328 e. The molecule has 2 aliphatic rings. The highest BCUT2D eigenvalue weighted by Gasteiger charge is 2.38. The number of phenols is 1. The Morgan fingerprint density at radius 1 is 0.556 bits per heavy atom. The number of aromatic nitrogens is 1. The maximum Gasteiger partial charge on any atom is 0.328 e. The van der Waals surface area contributed by atoms with Crippen LogP contribution in [0.2, 0.25) is 0 Å². The summed E-state index contributed by atoms with van der Waals surface area (Å²) in [6, 6.07) is 7.92. The third kappa shape index (κ3) is 33.8. The van der Waals surface area contributed by atoms with Crippen molar-refractivity contribution >= 4 is 116 Å². The van der Waals surface area contributed by atoms with Crippen LogP contribution in [0.4, 0.5) is 0 Å². The Morgan fingerprint density at radius 3 is 1.55 bits per heavy atom. The third-order valence-corrected chi connectivity index (χ3v) is 19.0. The topological polar surface area (TPSA) is 572 Å². The van der Waals surface area contributed by atoms with Crippen molar-refractivity contribution < 1.29 is 113 Å². The molecule has 0 saturated carbocycles. The number of nitrogens with zero attached hydrogens (tertiary/aromatic N) is 4. The molecule has 2 aliphatic heterocycles. The van der Waals surface area contributed by atoms with Crippen LogP contribution in [0.15, 0.2) is 85.1 Å². The summed E-state index contributed by atoms with van der Waals surface area (Å²) < 4.78 is 0. The molecule has 8 amide bonds. The molecule has 6 rings (SSSR count). The van der Waals surface area contributed by atoms with Crippen LogP contribution in [0.1, 0.15) is 63.6 Å². The molecule has 10 atom stereocenters. The van der Waals surface area contributed by atoms with E-state index in [0.717, 1.165) is 49.3 Å². The number of carbonyl (C=O) groups excluding carboxylic acids is 8. The molecule has 39 heteroatoms. The van der Waals surface area contributed by atoms with Gasteiger partial charge in [-0.3, -0.25) is 81.9 Å². The number of aliphatic hydroxyl groups excluding tert-OH is 2. The lowest BCUT2D eigenvalue weighted by Gasteiger charge is -2.33. The average molecular weight is 1560 g/mol. The summed E-state index contributed by atoms with van der Waals surface area (Å²) in [6.07, 6.45) is -1.92. The predicted molar refractivity (Wildman–Crippen MR) is 394 cm³/mol. The van der Waals surface area contributed by atoms with Crippen molar-refractivity contribution in [2.45, 2.75) is 127 Å². The van der Waals surface area contributed by atoms with Crippen molar-refractivity contribution in [2.24, 2.45) is 5.73 Å². The fourth-order valence-electron chi connectivity index (χ4n) is 11.1. The highest BCUT2D eigenvalue weighted by molar-refractivity contribution is 8.76. The summed E-state index contributed by atoms with van der Waals surface area (Å²) in [7, 11) is 1.66. The van der Waals surface area contributed by atoms with Gasteiger partial charge in [-0.2, -0.15) is 0 Å². The molecule has 37 nitrogen and oxygen atoms in total. The number of fused-ring (bicyclic) bond motifs is 1. The van der Waals surface area contributed by atoms with Crippen LogP contribution in [0.5, 0.6) is 5.75 Å². The molecule has 108 heavy (non-hydrogen) atoms. The van der Waals surface area contributed by atoms with E-state index in [1.165, 1.54) is 24.3 Å². The molecule has 20 N–H and O–H groups in total. The van der Waals surface area contributed by atoms with Crippen LogP contribution in [-0.4, -0.2) is 311 Å². The Kier molecular flexibility index (Phi) is 39.3. The van der Waals surface area contributed by atoms with Gasteiger partial charge >= 0.3 is 23.9 Å². The lowest BCUT2D eigenvalue weighted by Crippen LogP contribution is -2.62. The number of aliphatic hydroxyl groups is 2. The number of carboxylic acid groups (broad SMARTS) is 6. The molecular weight excluding hydrogens is 1460 g/mol. The Morgan fingerprint density at radius 2 is 1.04 bits per heavy atom. The van der Waals surface area contributed by atoms with Gasteiger partial charge in [0, 0.05) is 114 Å². The number of unbranched alkanes of at least 4 members (excludes halogenated alkanes) is 1. The second kappa shape index (κ2) is 46.9. The maximum absolute atomic E-state index is 15.3. The van der Waals surface area contributed by atoms with E-state index in [4.69, 9.17) is 25.5 Å². The summed E-state index contributed by atoms with van der Waals surface area (Å²) >= 11 is 0.